The lowest BCUT2D eigenvalue weighted by atomic mass is 9.76. The summed E-state index contributed by atoms with van der Waals surface area (Å²) >= 11 is 0. The molecule has 0 aromatic carbocycles. The van der Waals surface area contributed by atoms with Gasteiger partial charge < -0.3 is 15.3 Å². The third-order valence-electron chi connectivity index (χ3n) is 3.67. The van der Waals surface area contributed by atoms with Crippen molar-refractivity contribution >= 4 is 17.8 Å². The van der Waals surface area contributed by atoms with Crippen LogP contribution in [0, 0.1) is 11.3 Å². The molecule has 0 bridgehead atoms. The first-order valence-electron chi connectivity index (χ1n) is 6.05. The van der Waals surface area contributed by atoms with Crippen LogP contribution in [0.4, 0.5) is 0 Å². The van der Waals surface area contributed by atoms with Gasteiger partial charge in [0.1, 0.15) is 0 Å². The Balaban J connectivity index is 2.73. The number of carboxylic acid groups (broad SMARTS) is 1. The molecule has 1 aliphatic heterocycles. The number of carbonyl (C=O) groups is 3. The van der Waals surface area contributed by atoms with Crippen molar-refractivity contribution in [2.24, 2.45) is 11.3 Å². The molecule has 0 saturated carbocycles. The van der Waals surface area contributed by atoms with Crippen LogP contribution in [0.2, 0.25) is 0 Å². The van der Waals surface area contributed by atoms with Crippen molar-refractivity contribution < 1.29 is 19.5 Å². The van der Waals surface area contributed by atoms with Crippen molar-refractivity contribution in [1.82, 2.24) is 10.2 Å². The molecule has 0 aromatic heterocycles. The molecule has 102 valence electrons. The zero-order valence-electron chi connectivity index (χ0n) is 11.0. The molecule has 1 atom stereocenters. The molecule has 0 aliphatic carbocycles. The number of nitrogens with zero attached hydrogens (tertiary/aromatic N) is 1. The van der Waals surface area contributed by atoms with Crippen LogP contribution in [0.25, 0.3) is 0 Å². The highest BCUT2D eigenvalue weighted by molar-refractivity contribution is 5.89. The van der Waals surface area contributed by atoms with E-state index in [1.807, 2.05) is 0 Å². The highest BCUT2D eigenvalue weighted by Gasteiger charge is 2.40. The van der Waals surface area contributed by atoms with Gasteiger partial charge in [-0.3, -0.25) is 14.4 Å². The van der Waals surface area contributed by atoms with Gasteiger partial charge in [-0.25, -0.2) is 0 Å². The van der Waals surface area contributed by atoms with Crippen molar-refractivity contribution in [3.05, 3.63) is 0 Å². The molecular weight excluding hydrogens is 236 g/mol. The molecule has 18 heavy (non-hydrogen) atoms. The van der Waals surface area contributed by atoms with Gasteiger partial charge >= 0.3 is 5.97 Å². The Labute approximate surface area is 106 Å². The van der Waals surface area contributed by atoms with Gasteiger partial charge in [-0.05, 0) is 12.8 Å². The average Bonchev–Trinajstić information content (AvgIpc) is 2.28. The van der Waals surface area contributed by atoms with Crippen LogP contribution in [-0.4, -0.2) is 47.4 Å². The first-order chi connectivity index (χ1) is 8.27. The number of piperazine rings is 1. The third-order valence-corrected chi connectivity index (χ3v) is 3.67. The maximum atomic E-state index is 12.1. The molecular formula is C12H20N2O4. The molecule has 1 saturated heterocycles. The highest BCUT2D eigenvalue weighted by Crippen LogP contribution is 2.32. The summed E-state index contributed by atoms with van der Waals surface area (Å²) in [6, 6.07) is 0. The zero-order chi connectivity index (χ0) is 13.9. The number of amides is 2. The standard InChI is InChI=1S/C12H20N2O4/c1-8(2)12(3,11(17)18)6-10(16)14-5-4-13-9(15)7-14/h8H,4-7H2,1-3H3,(H,13,15)(H,17,18). The molecule has 6 nitrogen and oxygen atoms in total. The van der Waals surface area contributed by atoms with Crippen LogP contribution < -0.4 is 5.32 Å². The summed E-state index contributed by atoms with van der Waals surface area (Å²) in [7, 11) is 0. The van der Waals surface area contributed by atoms with Gasteiger partial charge in [0.05, 0.1) is 12.0 Å². The van der Waals surface area contributed by atoms with Gasteiger partial charge in [0, 0.05) is 19.5 Å². The van der Waals surface area contributed by atoms with Gasteiger partial charge in [-0.15, -0.1) is 0 Å². The number of carbonyl (C=O) groups excluding carboxylic acids is 2. The summed E-state index contributed by atoms with van der Waals surface area (Å²) in [5.74, 6) is -1.61. The van der Waals surface area contributed by atoms with Crippen molar-refractivity contribution in [3.8, 4) is 0 Å². The van der Waals surface area contributed by atoms with E-state index >= 15 is 0 Å². The number of hydrogen-bond acceptors (Lipinski definition) is 3. The van der Waals surface area contributed by atoms with E-state index in [4.69, 9.17) is 0 Å². The van der Waals surface area contributed by atoms with E-state index in [2.05, 4.69) is 5.32 Å². The molecule has 0 aromatic rings. The maximum Gasteiger partial charge on any atom is 0.310 e. The van der Waals surface area contributed by atoms with E-state index in [9.17, 15) is 19.5 Å². The van der Waals surface area contributed by atoms with Gasteiger partial charge in [0.2, 0.25) is 11.8 Å². The first kappa shape index (κ1) is 14.5. The van der Waals surface area contributed by atoms with Crippen LogP contribution in [-0.2, 0) is 14.4 Å². The summed E-state index contributed by atoms with van der Waals surface area (Å²) in [5, 5.41) is 11.9. The second-order valence-electron chi connectivity index (χ2n) is 5.22. The summed E-state index contributed by atoms with van der Waals surface area (Å²) in [4.78, 5) is 36.0. The molecule has 2 N–H and O–H groups in total. The van der Waals surface area contributed by atoms with Gasteiger partial charge in [-0.1, -0.05) is 13.8 Å². The fourth-order valence-electron chi connectivity index (χ4n) is 1.80. The molecule has 1 unspecified atom stereocenters. The molecule has 2 amide bonds. The lowest BCUT2D eigenvalue weighted by molar-refractivity contribution is -0.156. The molecule has 1 fully saturated rings. The Morgan fingerprint density at radius 2 is 2.11 bits per heavy atom. The fraction of sp³-hybridized carbons (Fsp3) is 0.750. The summed E-state index contributed by atoms with van der Waals surface area (Å²) in [6.07, 6.45) is -0.0761. The van der Waals surface area contributed by atoms with Gasteiger partial charge in [0.15, 0.2) is 0 Å². The number of rotatable bonds is 4. The number of carboxylic acids is 1. The normalized spacial score (nSPS) is 19.3. The van der Waals surface area contributed by atoms with Crippen molar-refractivity contribution in [1.29, 1.82) is 0 Å². The predicted molar refractivity (Wildman–Crippen MR) is 64.8 cm³/mol. The van der Waals surface area contributed by atoms with Crippen LogP contribution >= 0.6 is 0 Å². The zero-order valence-corrected chi connectivity index (χ0v) is 11.0. The average molecular weight is 256 g/mol. The largest absolute Gasteiger partial charge is 0.481 e. The Bertz CT molecular complexity index is 367. The minimum absolute atomic E-state index is 0.0205. The Morgan fingerprint density at radius 1 is 1.50 bits per heavy atom. The molecule has 1 heterocycles. The second-order valence-corrected chi connectivity index (χ2v) is 5.22. The van der Waals surface area contributed by atoms with Crippen LogP contribution in [0.5, 0.6) is 0 Å². The number of aliphatic carboxylic acids is 1. The van der Waals surface area contributed by atoms with Crippen molar-refractivity contribution in [3.63, 3.8) is 0 Å². The third kappa shape index (κ3) is 3.00. The van der Waals surface area contributed by atoms with E-state index in [1.54, 1.807) is 20.8 Å². The SMILES string of the molecule is CC(C)C(C)(CC(=O)N1CCNC(=O)C1)C(=O)O. The molecule has 6 heteroatoms. The molecule has 0 radical (unpaired) electrons. The minimum Gasteiger partial charge on any atom is -0.481 e. The van der Waals surface area contributed by atoms with E-state index in [-0.39, 0.29) is 30.7 Å². The smallest absolute Gasteiger partial charge is 0.310 e. The summed E-state index contributed by atoms with van der Waals surface area (Å²) < 4.78 is 0. The molecule has 0 spiro atoms. The van der Waals surface area contributed by atoms with E-state index in [1.165, 1.54) is 4.90 Å². The first-order valence-corrected chi connectivity index (χ1v) is 6.05. The van der Waals surface area contributed by atoms with Gasteiger partial charge in [0.25, 0.3) is 0 Å². The highest BCUT2D eigenvalue weighted by atomic mass is 16.4. The van der Waals surface area contributed by atoms with E-state index in [0.717, 1.165) is 0 Å². The maximum absolute atomic E-state index is 12.1. The Kier molecular flexibility index (Phi) is 4.32. The monoisotopic (exact) mass is 256 g/mol. The van der Waals surface area contributed by atoms with Crippen molar-refractivity contribution in [2.45, 2.75) is 27.2 Å². The van der Waals surface area contributed by atoms with Gasteiger partial charge in [-0.2, -0.15) is 0 Å². The lowest BCUT2D eigenvalue weighted by Crippen LogP contribution is -2.51. The number of hydrogen-bond donors (Lipinski definition) is 2. The minimum atomic E-state index is -1.09. The van der Waals surface area contributed by atoms with Crippen LogP contribution in [0.3, 0.4) is 0 Å². The quantitative estimate of drug-likeness (QED) is 0.746. The van der Waals surface area contributed by atoms with E-state index < -0.39 is 11.4 Å². The van der Waals surface area contributed by atoms with Crippen LogP contribution in [0.1, 0.15) is 27.2 Å². The summed E-state index contributed by atoms with van der Waals surface area (Å²) in [5.41, 5.74) is -1.09. The summed E-state index contributed by atoms with van der Waals surface area (Å²) in [6.45, 7) is 6.03. The van der Waals surface area contributed by atoms with E-state index in [0.29, 0.717) is 13.1 Å². The number of nitrogens with one attached hydrogen (secondary N) is 1. The molecule has 1 aliphatic rings. The van der Waals surface area contributed by atoms with Crippen LogP contribution in [0.15, 0.2) is 0 Å². The Morgan fingerprint density at radius 3 is 2.56 bits per heavy atom. The predicted octanol–water partition coefficient (Wildman–Crippen LogP) is 0.0818. The fourth-order valence-corrected chi connectivity index (χ4v) is 1.80. The Hall–Kier alpha value is -1.59. The topological polar surface area (TPSA) is 86.7 Å². The molecule has 1 rings (SSSR count). The van der Waals surface area contributed by atoms with Crippen molar-refractivity contribution in [2.75, 3.05) is 19.6 Å². The second kappa shape index (κ2) is 5.37. The lowest BCUT2D eigenvalue weighted by Gasteiger charge is -2.33.